The lowest BCUT2D eigenvalue weighted by Gasteiger charge is -2.13. The summed E-state index contributed by atoms with van der Waals surface area (Å²) in [7, 11) is 1.64. The molecular formula is C13H18O3S. The second kappa shape index (κ2) is 5.96. The van der Waals surface area contributed by atoms with Gasteiger partial charge in [-0.05, 0) is 31.0 Å². The summed E-state index contributed by atoms with van der Waals surface area (Å²) < 4.78 is 5.33. The van der Waals surface area contributed by atoms with E-state index in [0.29, 0.717) is 5.75 Å². The van der Waals surface area contributed by atoms with Crippen molar-refractivity contribution < 1.29 is 14.6 Å². The first-order valence-corrected chi connectivity index (χ1v) is 6.45. The summed E-state index contributed by atoms with van der Waals surface area (Å²) in [4.78, 5) is 11.8. The summed E-state index contributed by atoms with van der Waals surface area (Å²) in [6.45, 7) is 5.75. The number of benzene rings is 1. The third-order valence-corrected chi connectivity index (χ3v) is 3.98. The fourth-order valence-electron chi connectivity index (χ4n) is 1.53. The van der Waals surface area contributed by atoms with Crippen LogP contribution in [0, 0.1) is 19.8 Å². The maximum absolute atomic E-state index is 10.8. The number of aryl methyl sites for hydroxylation is 2. The van der Waals surface area contributed by atoms with E-state index in [1.807, 2.05) is 19.9 Å². The van der Waals surface area contributed by atoms with E-state index in [-0.39, 0.29) is 5.92 Å². The largest absolute Gasteiger partial charge is 0.496 e. The first-order chi connectivity index (χ1) is 7.95. The van der Waals surface area contributed by atoms with Crippen molar-refractivity contribution in [3.63, 3.8) is 0 Å². The number of aliphatic carboxylic acids is 1. The maximum Gasteiger partial charge on any atom is 0.307 e. The molecule has 0 fully saturated rings. The molecule has 0 heterocycles. The Morgan fingerprint density at radius 2 is 2.12 bits per heavy atom. The van der Waals surface area contributed by atoms with Crippen LogP contribution in [0.5, 0.6) is 5.75 Å². The van der Waals surface area contributed by atoms with E-state index in [9.17, 15) is 4.79 Å². The number of carboxylic acids is 1. The minimum absolute atomic E-state index is 0.356. The molecule has 0 aliphatic rings. The fraction of sp³-hybridized carbons (Fsp3) is 0.462. The minimum atomic E-state index is -0.763. The monoisotopic (exact) mass is 254 g/mol. The second-order valence-electron chi connectivity index (χ2n) is 4.16. The number of ether oxygens (including phenoxy) is 1. The Kier molecular flexibility index (Phi) is 4.87. The molecule has 17 heavy (non-hydrogen) atoms. The Morgan fingerprint density at radius 3 is 2.65 bits per heavy atom. The number of rotatable bonds is 5. The lowest BCUT2D eigenvalue weighted by atomic mass is 10.1. The van der Waals surface area contributed by atoms with Gasteiger partial charge in [-0.2, -0.15) is 0 Å². The summed E-state index contributed by atoms with van der Waals surface area (Å²) in [6.07, 6.45) is 0. The van der Waals surface area contributed by atoms with Gasteiger partial charge in [0.2, 0.25) is 0 Å². The molecule has 1 aromatic rings. The topological polar surface area (TPSA) is 46.5 Å². The number of thioether (sulfide) groups is 1. The van der Waals surface area contributed by atoms with Gasteiger partial charge in [-0.1, -0.05) is 13.0 Å². The zero-order valence-electron chi connectivity index (χ0n) is 10.6. The quantitative estimate of drug-likeness (QED) is 0.820. The zero-order valence-corrected chi connectivity index (χ0v) is 11.4. The Hall–Kier alpha value is -1.16. The highest BCUT2D eigenvalue weighted by Crippen LogP contribution is 2.34. The Labute approximate surface area is 106 Å². The van der Waals surface area contributed by atoms with Crippen LogP contribution in [0.15, 0.2) is 17.0 Å². The molecule has 4 heteroatoms. The van der Waals surface area contributed by atoms with Crippen molar-refractivity contribution in [2.75, 3.05) is 12.9 Å². The van der Waals surface area contributed by atoms with Gasteiger partial charge in [0.25, 0.3) is 0 Å². The van der Waals surface area contributed by atoms with E-state index in [4.69, 9.17) is 9.84 Å². The molecule has 0 spiro atoms. The van der Waals surface area contributed by atoms with Crippen LogP contribution in [-0.4, -0.2) is 23.9 Å². The van der Waals surface area contributed by atoms with Crippen LogP contribution in [-0.2, 0) is 4.79 Å². The highest BCUT2D eigenvalue weighted by molar-refractivity contribution is 7.99. The first kappa shape index (κ1) is 13.9. The van der Waals surface area contributed by atoms with Crippen molar-refractivity contribution in [1.29, 1.82) is 0 Å². The summed E-state index contributed by atoms with van der Waals surface area (Å²) >= 11 is 1.54. The van der Waals surface area contributed by atoms with E-state index in [1.165, 1.54) is 11.8 Å². The molecule has 0 saturated carbocycles. The van der Waals surface area contributed by atoms with Crippen molar-refractivity contribution in [2.24, 2.45) is 5.92 Å². The molecule has 1 N–H and O–H groups in total. The Balaban J connectivity index is 2.86. The van der Waals surface area contributed by atoms with Gasteiger partial charge in [-0.25, -0.2) is 0 Å². The molecule has 1 unspecified atom stereocenters. The predicted molar refractivity (Wildman–Crippen MR) is 70.0 cm³/mol. The first-order valence-electron chi connectivity index (χ1n) is 5.46. The lowest BCUT2D eigenvalue weighted by Crippen LogP contribution is -2.11. The molecule has 3 nitrogen and oxygen atoms in total. The standard InChI is InChI=1S/C13H18O3S/c1-8-5-9(2)12(11(6-8)16-4)17-7-10(3)13(14)15/h5-6,10H,7H2,1-4H3,(H,14,15). The zero-order chi connectivity index (χ0) is 13.0. The molecule has 0 aliphatic heterocycles. The lowest BCUT2D eigenvalue weighted by molar-refractivity contribution is -0.140. The van der Waals surface area contributed by atoms with E-state index in [0.717, 1.165) is 21.8 Å². The van der Waals surface area contributed by atoms with E-state index in [2.05, 4.69) is 6.07 Å². The summed E-state index contributed by atoms with van der Waals surface area (Å²) in [5.74, 6) is 0.256. The van der Waals surface area contributed by atoms with Gasteiger partial charge in [-0.15, -0.1) is 11.8 Å². The highest BCUT2D eigenvalue weighted by Gasteiger charge is 2.14. The van der Waals surface area contributed by atoms with E-state index < -0.39 is 5.97 Å². The molecule has 0 amide bonds. The van der Waals surface area contributed by atoms with Crippen LogP contribution in [0.1, 0.15) is 18.1 Å². The molecule has 94 valence electrons. The number of hydrogen-bond acceptors (Lipinski definition) is 3. The van der Waals surface area contributed by atoms with E-state index >= 15 is 0 Å². The molecule has 0 bridgehead atoms. The fourth-order valence-corrected chi connectivity index (χ4v) is 2.66. The third-order valence-electron chi connectivity index (χ3n) is 2.50. The van der Waals surface area contributed by atoms with Crippen LogP contribution in [0.4, 0.5) is 0 Å². The van der Waals surface area contributed by atoms with Gasteiger partial charge in [0.05, 0.1) is 17.9 Å². The average molecular weight is 254 g/mol. The molecule has 0 aromatic heterocycles. The molecule has 1 aromatic carbocycles. The van der Waals surface area contributed by atoms with Crippen molar-refractivity contribution in [1.82, 2.24) is 0 Å². The van der Waals surface area contributed by atoms with Crippen molar-refractivity contribution in [3.05, 3.63) is 23.3 Å². The number of carboxylic acid groups (broad SMARTS) is 1. The SMILES string of the molecule is COc1cc(C)cc(C)c1SCC(C)C(=O)O. The van der Waals surface area contributed by atoms with Crippen LogP contribution in [0.2, 0.25) is 0 Å². The van der Waals surface area contributed by atoms with Crippen molar-refractivity contribution in [2.45, 2.75) is 25.7 Å². The third kappa shape index (κ3) is 3.66. The molecular weight excluding hydrogens is 236 g/mol. The van der Waals surface area contributed by atoms with Crippen LogP contribution < -0.4 is 4.74 Å². The smallest absolute Gasteiger partial charge is 0.307 e. The Morgan fingerprint density at radius 1 is 1.47 bits per heavy atom. The molecule has 0 radical (unpaired) electrons. The second-order valence-corrected chi connectivity index (χ2v) is 5.19. The summed E-state index contributed by atoms with van der Waals surface area (Å²) in [6, 6.07) is 4.05. The van der Waals surface area contributed by atoms with Crippen LogP contribution in [0.3, 0.4) is 0 Å². The Bertz CT molecular complexity index is 415. The average Bonchev–Trinajstić information content (AvgIpc) is 2.26. The molecule has 0 saturated heterocycles. The highest BCUT2D eigenvalue weighted by atomic mass is 32.2. The number of carbonyl (C=O) groups is 1. The van der Waals surface area contributed by atoms with Crippen molar-refractivity contribution in [3.8, 4) is 5.75 Å². The van der Waals surface area contributed by atoms with Crippen LogP contribution >= 0.6 is 11.8 Å². The summed E-state index contributed by atoms with van der Waals surface area (Å²) in [5.41, 5.74) is 2.28. The van der Waals surface area contributed by atoms with Gasteiger partial charge in [-0.3, -0.25) is 4.79 Å². The minimum Gasteiger partial charge on any atom is -0.496 e. The normalized spacial score (nSPS) is 12.2. The predicted octanol–water partition coefficient (Wildman–Crippen LogP) is 3.12. The molecule has 1 atom stereocenters. The number of hydrogen-bond donors (Lipinski definition) is 1. The maximum atomic E-state index is 10.8. The summed E-state index contributed by atoms with van der Waals surface area (Å²) in [5, 5.41) is 8.86. The van der Waals surface area contributed by atoms with Crippen LogP contribution in [0.25, 0.3) is 0 Å². The van der Waals surface area contributed by atoms with Gasteiger partial charge in [0.15, 0.2) is 0 Å². The molecule has 0 aliphatic carbocycles. The molecule has 1 rings (SSSR count). The van der Waals surface area contributed by atoms with Gasteiger partial charge < -0.3 is 9.84 Å². The van der Waals surface area contributed by atoms with Gasteiger partial charge in [0, 0.05) is 5.75 Å². The van der Waals surface area contributed by atoms with Gasteiger partial charge >= 0.3 is 5.97 Å². The van der Waals surface area contributed by atoms with Crippen molar-refractivity contribution >= 4 is 17.7 Å². The van der Waals surface area contributed by atoms with E-state index in [1.54, 1.807) is 14.0 Å². The number of methoxy groups -OCH3 is 1. The van der Waals surface area contributed by atoms with Gasteiger partial charge in [0.1, 0.15) is 5.75 Å².